The molecule has 3 fully saturated rings. The molecule has 0 aromatic rings. The first-order valence-electron chi connectivity index (χ1n) is 14.4. The Morgan fingerprint density at radius 3 is 1.34 bits per heavy atom. The number of nitrogens with one attached hydrogen (secondary N) is 3. The first-order chi connectivity index (χ1) is 19.4. The fraction of sp³-hybridized carbons (Fsp3) is 0.741. The maximum absolute atomic E-state index is 13.3. The Kier molecular flexibility index (Phi) is 10.8. The molecule has 0 aromatic carbocycles. The average Bonchev–Trinajstić information content (AvgIpc) is 3.71. The van der Waals surface area contributed by atoms with Crippen molar-refractivity contribution in [1.82, 2.24) is 30.7 Å². The van der Waals surface area contributed by atoms with Crippen molar-refractivity contribution in [2.75, 3.05) is 26.2 Å². The van der Waals surface area contributed by atoms with Crippen LogP contribution in [0.15, 0.2) is 0 Å². The Morgan fingerprint density at radius 1 is 0.634 bits per heavy atom. The second-order valence-corrected chi connectivity index (χ2v) is 11.1. The maximum Gasteiger partial charge on any atom is 0.245 e. The minimum atomic E-state index is -0.951. The lowest BCUT2D eigenvalue weighted by Gasteiger charge is -2.31. The zero-order valence-electron chi connectivity index (χ0n) is 24.3. The molecule has 14 heteroatoms. The molecule has 0 saturated carbocycles. The van der Waals surface area contributed by atoms with E-state index < -0.39 is 54.0 Å². The third kappa shape index (κ3) is 7.40. The van der Waals surface area contributed by atoms with Crippen molar-refractivity contribution < 1.29 is 33.6 Å². The predicted octanol–water partition coefficient (Wildman–Crippen LogP) is -1.98. The molecule has 0 aliphatic carbocycles. The molecule has 5 N–H and O–H groups in total. The third-order valence-electron chi connectivity index (χ3n) is 8.03. The molecule has 3 heterocycles. The molecular weight excluding hydrogens is 534 g/mol. The molecular formula is C27H43N7O7. The van der Waals surface area contributed by atoms with Gasteiger partial charge in [-0.25, -0.2) is 0 Å². The van der Waals surface area contributed by atoms with Gasteiger partial charge in [-0.05, 0) is 59.3 Å². The number of carbonyl (C=O) groups excluding carboxylic acids is 7. The van der Waals surface area contributed by atoms with Gasteiger partial charge in [-0.15, -0.1) is 0 Å². The Balaban J connectivity index is 1.57. The quantitative estimate of drug-likeness (QED) is 0.230. The van der Waals surface area contributed by atoms with Gasteiger partial charge in [0.25, 0.3) is 0 Å². The number of nitrogens with zero attached hydrogens (tertiary/aromatic N) is 3. The molecule has 228 valence electrons. The van der Waals surface area contributed by atoms with Crippen LogP contribution < -0.4 is 21.7 Å². The summed E-state index contributed by atoms with van der Waals surface area (Å²) >= 11 is 0. The van der Waals surface area contributed by atoms with E-state index in [0.29, 0.717) is 58.2 Å². The molecule has 14 nitrogen and oxygen atoms in total. The topological polar surface area (TPSA) is 191 Å². The van der Waals surface area contributed by atoms with Gasteiger partial charge < -0.3 is 36.4 Å². The first kappa shape index (κ1) is 32.0. The smallest absolute Gasteiger partial charge is 0.245 e. The van der Waals surface area contributed by atoms with Crippen molar-refractivity contribution in [3.63, 3.8) is 0 Å². The largest absolute Gasteiger partial charge is 0.345 e. The van der Waals surface area contributed by atoms with Gasteiger partial charge in [0.2, 0.25) is 35.4 Å². The van der Waals surface area contributed by atoms with E-state index in [4.69, 9.17) is 5.73 Å². The van der Waals surface area contributed by atoms with Crippen molar-refractivity contribution in [1.29, 1.82) is 0 Å². The molecule has 3 saturated heterocycles. The van der Waals surface area contributed by atoms with Gasteiger partial charge in [-0.1, -0.05) is 0 Å². The number of ketones is 1. The Morgan fingerprint density at radius 2 is 0.976 bits per heavy atom. The van der Waals surface area contributed by atoms with Crippen LogP contribution in [0.1, 0.15) is 66.2 Å². The lowest BCUT2D eigenvalue weighted by molar-refractivity contribution is -0.144. The Bertz CT molecular complexity index is 1070. The molecule has 3 aliphatic heterocycles. The van der Waals surface area contributed by atoms with E-state index in [1.54, 1.807) is 13.8 Å². The highest BCUT2D eigenvalue weighted by Gasteiger charge is 2.41. The number of Topliss-reactive ketones (excluding diaryl/α,β-unsaturated/α-hetero) is 1. The number of nitrogens with two attached hydrogens (primary N) is 1. The van der Waals surface area contributed by atoms with Crippen LogP contribution in [-0.4, -0.2) is 118 Å². The van der Waals surface area contributed by atoms with Crippen LogP contribution in [0.2, 0.25) is 0 Å². The zero-order chi connectivity index (χ0) is 30.4. The molecule has 6 amide bonds. The fourth-order valence-corrected chi connectivity index (χ4v) is 5.96. The van der Waals surface area contributed by atoms with E-state index in [2.05, 4.69) is 16.0 Å². The fourth-order valence-electron chi connectivity index (χ4n) is 5.96. The molecule has 0 aromatic heterocycles. The number of hydrogen-bond donors (Lipinski definition) is 4. The van der Waals surface area contributed by atoms with Gasteiger partial charge in [-0.2, -0.15) is 0 Å². The summed E-state index contributed by atoms with van der Waals surface area (Å²) in [5.41, 5.74) is 5.48. The second kappa shape index (κ2) is 13.9. The lowest BCUT2D eigenvalue weighted by Crippen LogP contribution is -2.58. The summed E-state index contributed by atoms with van der Waals surface area (Å²) in [5.74, 6) is -2.70. The average molecular weight is 578 g/mol. The maximum atomic E-state index is 13.3. The summed E-state index contributed by atoms with van der Waals surface area (Å²) in [5, 5.41) is 7.93. The van der Waals surface area contributed by atoms with Crippen LogP contribution in [0.4, 0.5) is 0 Å². The van der Waals surface area contributed by atoms with Crippen LogP contribution >= 0.6 is 0 Å². The highest BCUT2D eigenvalue weighted by molar-refractivity contribution is 5.97. The van der Waals surface area contributed by atoms with Gasteiger partial charge >= 0.3 is 0 Å². The van der Waals surface area contributed by atoms with Crippen LogP contribution in [0.25, 0.3) is 0 Å². The Hall–Kier alpha value is -3.55. The highest BCUT2D eigenvalue weighted by atomic mass is 16.2. The van der Waals surface area contributed by atoms with Crippen LogP contribution in [-0.2, 0) is 33.6 Å². The van der Waals surface area contributed by atoms with Gasteiger partial charge in [-0.3, -0.25) is 33.6 Å². The second-order valence-electron chi connectivity index (χ2n) is 11.1. The normalized spacial score (nSPS) is 24.4. The van der Waals surface area contributed by atoms with Crippen molar-refractivity contribution >= 4 is 41.2 Å². The van der Waals surface area contributed by atoms with Crippen molar-refractivity contribution in [2.45, 2.75) is 102 Å². The monoisotopic (exact) mass is 577 g/mol. The molecule has 6 atom stereocenters. The Labute approximate surface area is 240 Å². The first-order valence-corrected chi connectivity index (χ1v) is 14.4. The number of carbonyl (C=O) groups is 7. The molecule has 0 bridgehead atoms. The van der Waals surface area contributed by atoms with E-state index in [0.717, 1.165) is 0 Å². The lowest BCUT2D eigenvalue weighted by atomic mass is 10.1. The van der Waals surface area contributed by atoms with Crippen LogP contribution in [0, 0.1) is 0 Å². The summed E-state index contributed by atoms with van der Waals surface area (Å²) in [6.07, 6.45) is 3.25. The van der Waals surface area contributed by atoms with Gasteiger partial charge in [0.05, 0.1) is 12.6 Å². The number of likely N-dealkylation sites (tertiary alicyclic amines) is 3. The van der Waals surface area contributed by atoms with E-state index in [9.17, 15) is 33.6 Å². The molecule has 0 radical (unpaired) electrons. The number of amides is 6. The van der Waals surface area contributed by atoms with Crippen molar-refractivity contribution in [3.8, 4) is 0 Å². The van der Waals surface area contributed by atoms with E-state index in [-0.39, 0.29) is 30.0 Å². The summed E-state index contributed by atoms with van der Waals surface area (Å²) < 4.78 is 0. The number of rotatable bonds is 10. The van der Waals surface area contributed by atoms with Crippen LogP contribution in [0.3, 0.4) is 0 Å². The van der Waals surface area contributed by atoms with Crippen LogP contribution in [0.5, 0.6) is 0 Å². The van der Waals surface area contributed by atoms with E-state index in [1.165, 1.54) is 28.5 Å². The third-order valence-corrected chi connectivity index (χ3v) is 8.03. The predicted molar refractivity (Wildman–Crippen MR) is 147 cm³/mol. The molecule has 41 heavy (non-hydrogen) atoms. The number of hydrogen-bond acceptors (Lipinski definition) is 8. The molecule has 0 unspecified atom stereocenters. The standard InChI is InChI=1S/C27H43N7O7/c1-15(29-18(4)35)25(39)33-12-6-9-20(33)23(37)31-17(3)27(41)34-13-7-10-21(34)24(38)30-16(2)26(40)32-11-5-8-19(32)22(36)14-28/h15-17,19-21H,5-14,28H2,1-4H3,(H,29,35)(H,30,38)(H,31,37)/t15-,16-,17-,19+,20+,21+/m1/s1. The molecule has 3 rings (SSSR count). The summed E-state index contributed by atoms with van der Waals surface area (Å²) in [7, 11) is 0. The van der Waals surface area contributed by atoms with Crippen molar-refractivity contribution in [2.24, 2.45) is 5.73 Å². The summed E-state index contributed by atoms with van der Waals surface area (Å²) in [6.45, 7) is 6.89. The van der Waals surface area contributed by atoms with E-state index in [1.807, 2.05) is 0 Å². The summed E-state index contributed by atoms with van der Waals surface area (Å²) in [6, 6.07) is -4.78. The van der Waals surface area contributed by atoms with Crippen molar-refractivity contribution in [3.05, 3.63) is 0 Å². The summed E-state index contributed by atoms with van der Waals surface area (Å²) in [4.78, 5) is 93.1. The molecule has 3 aliphatic rings. The van der Waals surface area contributed by atoms with Gasteiger partial charge in [0.15, 0.2) is 5.78 Å². The highest BCUT2D eigenvalue weighted by Crippen LogP contribution is 2.22. The van der Waals surface area contributed by atoms with Gasteiger partial charge in [0, 0.05) is 26.6 Å². The minimum Gasteiger partial charge on any atom is -0.345 e. The van der Waals surface area contributed by atoms with Gasteiger partial charge in [0.1, 0.15) is 30.2 Å². The SMILES string of the molecule is CC(=O)N[C@H](C)C(=O)N1CCC[C@H]1C(=O)N[C@H](C)C(=O)N1CCC[C@H]1C(=O)N[C@H](C)C(=O)N1CCC[C@H]1C(=O)CN. The molecule has 0 spiro atoms. The zero-order valence-corrected chi connectivity index (χ0v) is 24.3. The minimum absolute atomic E-state index is 0.158. The van der Waals surface area contributed by atoms with E-state index >= 15 is 0 Å².